The molecule has 1 aromatic heterocycles. The number of amides is 1. The van der Waals surface area contributed by atoms with Crippen molar-refractivity contribution >= 4 is 18.3 Å². The Morgan fingerprint density at radius 2 is 2.00 bits per heavy atom. The molecule has 6 nitrogen and oxygen atoms in total. The van der Waals surface area contributed by atoms with Crippen molar-refractivity contribution in [1.29, 1.82) is 0 Å². The van der Waals surface area contributed by atoms with Crippen LogP contribution in [0.1, 0.15) is 69.4 Å². The Morgan fingerprint density at radius 3 is 2.68 bits per heavy atom. The summed E-state index contributed by atoms with van der Waals surface area (Å²) >= 11 is 0. The lowest BCUT2D eigenvalue weighted by Gasteiger charge is -2.37. The maximum absolute atomic E-state index is 12.6. The highest BCUT2D eigenvalue weighted by Crippen LogP contribution is 2.33. The number of hydrogen-bond donors (Lipinski definition) is 2. The average Bonchev–Trinajstić information content (AvgIpc) is 3.05. The maximum atomic E-state index is 12.6. The fourth-order valence-electron chi connectivity index (χ4n) is 4.24. The SMILES string of the molecule is CC1CCC(C(C)C)C(NC(=O)c2cn(C3CCNCC3)nn2)C1.Cl. The zero-order valence-corrected chi connectivity index (χ0v) is 16.4. The Bertz CT molecular complexity index is 555. The quantitative estimate of drug-likeness (QED) is 0.856. The number of nitrogens with one attached hydrogen (secondary N) is 2. The molecule has 7 heteroatoms. The molecule has 3 unspecified atom stereocenters. The van der Waals surface area contributed by atoms with Gasteiger partial charge in [0.2, 0.25) is 0 Å². The molecule has 1 saturated carbocycles. The van der Waals surface area contributed by atoms with Crippen molar-refractivity contribution < 1.29 is 4.79 Å². The maximum Gasteiger partial charge on any atom is 0.273 e. The van der Waals surface area contributed by atoms with Crippen LogP contribution in [-0.4, -0.2) is 40.0 Å². The van der Waals surface area contributed by atoms with Crippen LogP contribution < -0.4 is 10.6 Å². The number of carbonyl (C=O) groups excluding carboxylic acids is 1. The highest BCUT2D eigenvalue weighted by molar-refractivity contribution is 5.92. The molecule has 142 valence electrons. The Kier molecular flexibility index (Phi) is 7.25. The van der Waals surface area contributed by atoms with Crippen LogP contribution in [0.2, 0.25) is 0 Å². The highest BCUT2D eigenvalue weighted by atomic mass is 35.5. The number of carbonyl (C=O) groups is 1. The smallest absolute Gasteiger partial charge is 0.273 e. The third-order valence-corrected chi connectivity index (χ3v) is 5.76. The third kappa shape index (κ3) is 4.94. The first-order valence-electron chi connectivity index (χ1n) is 9.48. The lowest BCUT2D eigenvalue weighted by molar-refractivity contribution is 0.0862. The molecule has 1 saturated heterocycles. The summed E-state index contributed by atoms with van der Waals surface area (Å²) < 4.78 is 1.87. The van der Waals surface area contributed by atoms with Crippen molar-refractivity contribution in [2.75, 3.05) is 13.1 Å². The van der Waals surface area contributed by atoms with Gasteiger partial charge in [-0.3, -0.25) is 4.79 Å². The first-order chi connectivity index (χ1) is 11.5. The molecule has 1 aliphatic carbocycles. The Labute approximate surface area is 156 Å². The predicted molar refractivity (Wildman–Crippen MR) is 101 cm³/mol. The van der Waals surface area contributed by atoms with Gasteiger partial charge in [-0.1, -0.05) is 32.4 Å². The van der Waals surface area contributed by atoms with Gasteiger partial charge >= 0.3 is 0 Å². The average molecular weight is 370 g/mol. The molecule has 1 aliphatic heterocycles. The minimum absolute atomic E-state index is 0. The van der Waals surface area contributed by atoms with E-state index in [0.29, 0.717) is 29.5 Å². The fourth-order valence-corrected chi connectivity index (χ4v) is 4.24. The van der Waals surface area contributed by atoms with Crippen molar-refractivity contribution in [2.24, 2.45) is 17.8 Å². The summed E-state index contributed by atoms with van der Waals surface area (Å²) in [6.45, 7) is 8.80. The highest BCUT2D eigenvalue weighted by Gasteiger charge is 2.32. The zero-order valence-electron chi connectivity index (χ0n) is 15.6. The van der Waals surface area contributed by atoms with Crippen molar-refractivity contribution in [3.05, 3.63) is 11.9 Å². The van der Waals surface area contributed by atoms with Crippen LogP contribution in [0, 0.1) is 17.8 Å². The zero-order chi connectivity index (χ0) is 17.1. The van der Waals surface area contributed by atoms with E-state index < -0.39 is 0 Å². The van der Waals surface area contributed by atoms with Crippen LogP contribution in [0.15, 0.2) is 6.20 Å². The molecular formula is C18H32ClN5O. The second-order valence-electron chi connectivity index (χ2n) is 7.97. The summed E-state index contributed by atoms with van der Waals surface area (Å²) in [5.41, 5.74) is 0.453. The van der Waals surface area contributed by atoms with Crippen LogP contribution in [0.25, 0.3) is 0 Å². The lowest BCUT2D eigenvalue weighted by atomic mass is 9.74. The summed E-state index contributed by atoms with van der Waals surface area (Å²) in [5.74, 6) is 1.76. The minimum Gasteiger partial charge on any atom is -0.348 e. The molecule has 0 radical (unpaired) electrons. The molecule has 3 rings (SSSR count). The van der Waals surface area contributed by atoms with E-state index in [1.807, 2.05) is 10.9 Å². The van der Waals surface area contributed by atoms with Crippen molar-refractivity contribution in [3.8, 4) is 0 Å². The van der Waals surface area contributed by atoms with E-state index in [0.717, 1.165) is 32.4 Å². The molecule has 2 heterocycles. The number of hydrogen-bond acceptors (Lipinski definition) is 4. The number of nitrogens with zero attached hydrogens (tertiary/aromatic N) is 3. The molecule has 3 atom stereocenters. The van der Waals surface area contributed by atoms with Gasteiger partial charge in [0, 0.05) is 6.04 Å². The minimum atomic E-state index is -0.0695. The summed E-state index contributed by atoms with van der Waals surface area (Å²) in [4.78, 5) is 12.6. The van der Waals surface area contributed by atoms with E-state index >= 15 is 0 Å². The van der Waals surface area contributed by atoms with E-state index in [1.54, 1.807) is 0 Å². The summed E-state index contributed by atoms with van der Waals surface area (Å²) in [5, 5.41) is 14.9. The number of halogens is 1. The lowest BCUT2D eigenvalue weighted by Crippen LogP contribution is -2.45. The van der Waals surface area contributed by atoms with Gasteiger partial charge in [-0.2, -0.15) is 0 Å². The third-order valence-electron chi connectivity index (χ3n) is 5.76. The van der Waals surface area contributed by atoms with Crippen LogP contribution in [0.4, 0.5) is 0 Å². The summed E-state index contributed by atoms with van der Waals surface area (Å²) in [6.07, 6.45) is 7.44. The van der Waals surface area contributed by atoms with Gasteiger partial charge in [-0.25, -0.2) is 4.68 Å². The standard InChI is InChI=1S/C18H31N5O.ClH/c1-12(2)15-5-4-13(3)10-16(15)20-18(24)17-11-23(22-21-17)14-6-8-19-9-7-14;/h11-16,19H,4-10H2,1-3H3,(H,20,24);1H. The van der Waals surface area contributed by atoms with Crippen LogP contribution in [0.3, 0.4) is 0 Å². The first-order valence-corrected chi connectivity index (χ1v) is 9.48. The number of piperidine rings is 1. The molecule has 2 aliphatic rings. The first kappa shape index (κ1) is 20.2. The molecule has 0 bridgehead atoms. The van der Waals surface area contributed by atoms with Crippen LogP contribution in [-0.2, 0) is 0 Å². The molecule has 0 aromatic carbocycles. The van der Waals surface area contributed by atoms with E-state index in [2.05, 4.69) is 41.7 Å². The Hall–Kier alpha value is -1.14. The van der Waals surface area contributed by atoms with Crippen molar-refractivity contribution in [2.45, 2.75) is 65.0 Å². The monoisotopic (exact) mass is 369 g/mol. The summed E-state index contributed by atoms with van der Waals surface area (Å²) in [7, 11) is 0. The van der Waals surface area contributed by atoms with E-state index in [4.69, 9.17) is 0 Å². The largest absolute Gasteiger partial charge is 0.348 e. The van der Waals surface area contributed by atoms with Gasteiger partial charge in [0.25, 0.3) is 5.91 Å². The second kappa shape index (κ2) is 8.99. The topological polar surface area (TPSA) is 71.8 Å². The van der Waals surface area contributed by atoms with Crippen LogP contribution in [0.5, 0.6) is 0 Å². The van der Waals surface area contributed by atoms with Gasteiger partial charge in [-0.05, 0) is 56.5 Å². The van der Waals surface area contributed by atoms with E-state index in [1.165, 1.54) is 12.8 Å². The van der Waals surface area contributed by atoms with Crippen molar-refractivity contribution in [3.63, 3.8) is 0 Å². The molecule has 1 aromatic rings. The molecular weight excluding hydrogens is 338 g/mol. The molecule has 2 fully saturated rings. The van der Waals surface area contributed by atoms with Gasteiger partial charge < -0.3 is 10.6 Å². The van der Waals surface area contributed by atoms with Crippen molar-refractivity contribution in [1.82, 2.24) is 25.6 Å². The second-order valence-corrected chi connectivity index (χ2v) is 7.97. The normalized spacial score (nSPS) is 27.8. The van der Waals surface area contributed by atoms with Gasteiger partial charge in [0.05, 0.1) is 12.2 Å². The number of rotatable bonds is 4. The Morgan fingerprint density at radius 1 is 1.28 bits per heavy atom. The van der Waals surface area contributed by atoms with Gasteiger partial charge in [0.15, 0.2) is 5.69 Å². The predicted octanol–water partition coefficient (Wildman–Crippen LogP) is 2.82. The number of aromatic nitrogens is 3. The van der Waals surface area contributed by atoms with Crippen LogP contribution >= 0.6 is 12.4 Å². The van der Waals surface area contributed by atoms with E-state index in [9.17, 15) is 4.79 Å². The Balaban J connectivity index is 0.00000225. The van der Waals surface area contributed by atoms with Gasteiger partial charge in [0.1, 0.15) is 0 Å². The van der Waals surface area contributed by atoms with Gasteiger partial charge in [-0.15, -0.1) is 17.5 Å². The summed E-state index contributed by atoms with van der Waals surface area (Å²) in [6, 6.07) is 0.615. The molecule has 0 spiro atoms. The molecule has 2 N–H and O–H groups in total. The van der Waals surface area contributed by atoms with E-state index in [-0.39, 0.29) is 24.4 Å². The fraction of sp³-hybridized carbons (Fsp3) is 0.833. The molecule has 1 amide bonds. The molecule has 25 heavy (non-hydrogen) atoms.